The number of anilines is 1. The zero-order valence-electron chi connectivity index (χ0n) is 16.1. The van der Waals surface area contributed by atoms with Gasteiger partial charge in [0, 0.05) is 36.2 Å². The van der Waals surface area contributed by atoms with Gasteiger partial charge in [0.25, 0.3) is 5.89 Å². The van der Waals surface area contributed by atoms with Crippen LogP contribution in [0.1, 0.15) is 30.7 Å². The van der Waals surface area contributed by atoms with Crippen LogP contribution in [0.25, 0.3) is 22.4 Å². The Morgan fingerprint density at radius 2 is 1.93 bits per heavy atom. The zero-order chi connectivity index (χ0) is 19.8. The molecule has 1 amide bonds. The molecule has 1 saturated heterocycles. The molecule has 1 aliphatic rings. The summed E-state index contributed by atoms with van der Waals surface area (Å²) in [5, 5.41) is 6.19. The average Bonchev–Trinajstić information content (AvgIpc) is 3.40. The van der Waals surface area contributed by atoms with Gasteiger partial charge in [0.05, 0.1) is 0 Å². The predicted octanol–water partition coefficient (Wildman–Crippen LogP) is 4.37. The molecule has 1 fully saturated rings. The van der Waals surface area contributed by atoms with E-state index in [0.717, 1.165) is 22.9 Å². The summed E-state index contributed by atoms with van der Waals surface area (Å²) in [5.74, 6) is 0.917. The first-order valence-corrected chi connectivity index (χ1v) is 9.80. The highest BCUT2D eigenvalue weighted by Crippen LogP contribution is 2.32. The van der Waals surface area contributed by atoms with Gasteiger partial charge in [0.1, 0.15) is 5.69 Å². The molecule has 1 atom stereocenters. The molecule has 6 nitrogen and oxygen atoms in total. The Hall–Kier alpha value is -3.54. The standard InChI is InChI=1S/C23H20N4O2/c1-2-15-7-9-18(10-8-15)27-14-17(13-20(27)28)22-25-23(29-26-22)21-19-6-4-3-5-16(19)11-12-24-21/h3-12,17H,2,13-14H2,1H3/t17-/m0/s1. The normalized spacial score (nSPS) is 16.7. The van der Waals surface area contributed by atoms with Gasteiger partial charge >= 0.3 is 0 Å². The lowest BCUT2D eigenvalue weighted by Gasteiger charge is -2.16. The van der Waals surface area contributed by atoms with Crippen molar-refractivity contribution >= 4 is 22.4 Å². The zero-order valence-corrected chi connectivity index (χ0v) is 16.1. The first-order chi connectivity index (χ1) is 14.2. The predicted molar refractivity (Wildman–Crippen MR) is 111 cm³/mol. The van der Waals surface area contributed by atoms with Crippen molar-refractivity contribution in [2.45, 2.75) is 25.7 Å². The van der Waals surface area contributed by atoms with Crippen LogP contribution < -0.4 is 4.90 Å². The van der Waals surface area contributed by atoms with E-state index < -0.39 is 0 Å². The molecule has 29 heavy (non-hydrogen) atoms. The number of rotatable bonds is 4. The van der Waals surface area contributed by atoms with Crippen LogP contribution in [-0.2, 0) is 11.2 Å². The summed E-state index contributed by atoms with van der Waals surface area (Å²) in [4.78, 5) is 23.4. The van der Waals surface area contributed by atoms with E-state index >= 15 is 0 Å². The van der Waals surface area contributed by atoms with Crippen molar-refractivity contribution in [1.29, 1.82) is 0 Å². The number of carbonyl (C=O) groups is 1. The Balaban J connectivity index is 1.41. The van der Waals surface area contributed by atoms with Crippen molar-refractivity contribution in [3.05, 3.63) is 72.2 Å². The maximum absolute atomic E-state index is 12.6. The van der Waals surface area contributed by atoms with E-state index in [2.05, 4.69) is 34.2 Å². The topological polar surface area (TPSA) is 72.1 Å². The molecule has 0 spiro atoms. The van der Waals surface area contributed by atoms with Gasteiger partial charge in [-0.1, -0.05) is 48.5 Å². The van der Waals surface area contributed by atoms with Gasteiger partial charge in [-0.3, -0.25) is 9.78 Å². The van der Waals surface area contributed by atoms with Crippen LogP contribution in [0.2, 0.25) is 0 Å². The van der Waals surface area contributed by atoms with Crippen molar-refractivity contribution in [2.75, 3.05) is 11.4 Å². The molecule has 144 valence electrons. The summed E-state index contributed by atoms with van der Waals surface area (Å²) in [6.45, 7) is 2.66. The number of nitrogens with zero attached hydrogens (tertiary/aromatic N) is 4. The minimum atomic E-state index is -0.0965. The van der Waals surface area contributed by atoms with Crippen LogP contribution in [0.3, 0.4) is 0 Å². The molecule has 5 rings (SSSR count). The highest BCUT2D eigenvalue weighted by Gasteiger charge is 2.34. The van der Waals surface area contributed by atoms with Crippen molar-refractivity contribution in [1.82, 2.24) is 15.1 Å². The summed E-state index contributed by atoms with van der Waals surface area (Å²) in [6, 6.07) is 18.0. The summed E-state index contributed by atoms with van der Waals surface area (Å²) in [6.07, 6.45) is 3.09. The molecular weight excluding hydrogens is 364 g/mol. The molecule has 2 aromatic carbocycles. The Morgan fingerprint density at radius 1 is 1.10 bits per heavy atom. The van der Waals surface area contributed by atoms with Crippen molar-refractivity contribution in [2.24, 2.45) is 0 Å². The third-order valence-corrected chi connectivity index (χ3v) is 5.46. The number of hydrogen-bond donors (Lipinski definition) is 0. The Kier molecular flexibility index (Phi) is 4.31. The first kappa shape index (κ1) is 17.6. The van der Waals surface area contributed by atoms with E-state index in [-0.39, 0.29) is 11.8 Å². The number of pyridine rings is 1. The molecule has 0 unspecified atom stereocenters. The van der Waals surface area contributed by atoms with E-state index in [4.69, 9.17) is 4.52 Å². The Morgan fingerprint density at radius 3 is 2.76 bits per heavy atom. The Bertz CT molecular complexity index is 1180. The molecular formula is C23H20N4O2. The fourth-order valence-electron chi connectivity index (χ4n) is 3.83. The van der Waals surface area contributed by atoms with Gasteiger partial charge in [0.2, 0.25) is 5.91 Å². The summed E-state index contributed by atoms with van der Waals surface area (Å²) < 4.78 is 5.52. The number of benzene rings is 2. The molecule has 0 aliphatic carbocycles. The second-order valence-electron chi connectivity index (χ2n) is 7.26. The van der Waals surface area contributed by atoms with Crippen LogP contribution in [0.4, 0.5) is 5.69 Å². The van der Waals surface area contributed by atoms with Gasteiger partial charge in [-0.15, -0.1) is 0 Å². The van der Waals surface area contributed by atoms with E-state index in [9.17, 15) is 4.79 Å². The lowest BCUT2D eigenvalue weighted by molar-refractivity contribution is -0.117. The number of carbonyl (C=O) groups excluding carboxylic acids is 1. The second kappa shape index (κ2) is 7.13. The highest BCUT2D eigenvalue weighted by atomic mass is 16.5. The van der Waals surface area contributed by atoms with E-state index in [1.165, 1.54) is 5.56 Å². The summed E-state index contributed by atoms with van der Waals surface area (Å²) in [5.41, 5.74) is 2.83. The van der Waals surface area contributed by atoms with Crippen molar-refractivity contribution in [3.63, 3.8) is 0 Å². The van der Waals surface area contributed by atoms with E-state index in [1.54, 1.807) is 11.1 Å². The third-order valence-electron chi connectivity index (χ3n) is 5.46. The lowest BCUT2D eigenvalue weighted by atomic mass is 10.1. The molecule has 0 saturated carbocycles. The molecule has 0 radical (unpaired) electrons. The fraction of sp³-hybridized carbons (Fsp3) is 0.217. The monoisotopic (exact) mass is 384 g/mol. The number of fused-ring (bicyclic) bond motifs is 1. The van der Waals surface area contributed by atoms with Gasteiger partial charge in [-0.05, 0) is 35.6 Å². The fourth-order valence-corrected chi connectivity index (χ4v) is 3.83. The summed E-state index contributed by atoms with van der Waals surface area (Å²) >= 11 is 0. The number of aryl methyl sites for hydroxylation is 1. The smallest absolute Gasteiger partial charge is 0.277 e. The molecule has 6 heteroatoms. The van der Waals surface area contributed by atoms with Crippen LogP contribution in [0, 0.1) is 0 Å². The Labute approximate surface area is 168 Å². The van der Waals surface area contributed by atoms with Crippen LogP contribution in [0.5, 0.6) is 0 Å². The minimum absolute atomic E-state index is 0.0777. The number of aromatic nitrogens is 3. The lowest BCUT2D eigenvalue weighted by Crippen LogP contribution is -2.24. The SMILES string of the molecule is CCc1ccc(N2C[C@@H](c3noc(-c4nccc5ccccc45)n3)CC2=O)cc1. The molecule has 3 heterocycles. The molecule has 4 aromatic rings. The highest BCUT2D eigenvalue weighted by molar-refractivity contribution is 5.96. The molecule has 2 aromatic heterocycles. The van der Waals surface area contributed by atoms with Crippen LogP contribution in [-0.4, -0.2) is 27.6 Å². The maximum Gasteiger partial charge on any atom is 0.277 e. The minimum Gasteiger partial charge on any atom is -0.332 e. The van der Waals surface area contributed by atoms with Gasteiger partial charge in [0.15, 0.2) is 5.82 Å². The van der Waals surface area contributed by atoms with Gasteiger partial charge in [-0.25, -0.2) is 0 Å². The van der Waals surface area contributed by atoms with E-state index in [1.807, 2.05) is 42.5 Å². The number of amides is 1. The molecule has 0 N–H and O–H groups in total. The first-order valence-electron chi connectivity index (χ1n) is 9.80. The maximum atomic E-state index is 12.6. The average molecular weight is 384 g/mol. The second-order valence-corrected chi connectivity index (χ2v) is 7.26. The van der Waals surface area contributed by atoms with Gasteiger partial charge in [-0.2, -0.15) is 4.98 Å². The molecule has 1 aliphatic heterocycles. The summed E-state index contributed by atoms with van der Waals surface area (Å²) in [7, 11) is 0. The van der Waals surface area contributed by atoms with Gasteiger partial charge < -0.3 is 9.42 Å². The third kappa shape index (κ3) is 3.16. The van der Waals surface area contributed by atoms with Crippen LogP contribution >= 0.6 is 0 Å². The number of hydrogen-bond acceptors (Lipinski definition) is 5. The van der Waals surface area contributed by atoms with E-state index in [0.29, 0.717) is 30.4 Å². The largest absolute Gasteiger partial charge is 0.332 e. The van der Waals surface area contributed by atoms with Crippen molar-refractivity contribution < 1.29 is 9.32 Å². The van der Waals surface area contributed by atoms with Crippen LogP contribution in [0.15, 0.2) is 65.3 Å². The quantitative estimate of drug-likeness (QED) is 0.522. The van der Waals surface area contributed by atoms with Crippen molar-refractivity contribution in [3.8, 4) is 11.6 Å². The molecule has 0 bridgehead atoms.